The van der Waals surface area contributed by atoms with Gasteiger partial charge in [-0.15, -0.1) is 11.3 Å². The third-order valence-electron chi connectivity index (χ3n) is 4.52. The molecule has 0 radical (unpaired) electrons. The zero-order valence-corrected chi connectivity index (χ0v) is 13.6. The van der Waals surface area contributed by atoms with Crippen molar-refractivity contribution in [2.24, 2.45) is 11.7 Å². The maximum Gasteiger partial charge on any atom is 0.236 e. The van der Waals surface area contributed by atoms with Crippen LogP contribution in [0.15, 0.2) is 17.5 Å². The lowest BCUT2D eigenvalue weighted by Gasteiger charge is -2.33. The Labute approximate surface area is 135 Å². The zero-order valence-electron chi connectivity index (χ0n) is 12.7. The minimum atomic E-state index is -0.282. The van der Waals surface area contributed by atoms with E-state index in [2.05, 4.69) is 22.4 Å². The lowest BCUT2D eigenvalue weighted by atomic mass is 9.97. The van der Waals surface area contributed by atoms with Gasteiger partial charge in [0, 0.05) is 30.6 Å². The predicted octanol–water partition coefficient (Wildman–Crippen LogP) is 1.44. The molecule has 2 heterocycles. The Morgan fingerprint density at radius 2 is 2.18 bits per heavy atom. The lowest BCUT2D eigenvalue weighted by molar-refractivity contribution is -0.136. The number of hydrogen-bond donors (Lipinski definition) is 1. The van der Waals surface area contributed by atoms with Gasteiger partial charge in [-0.05, 0) is 37.1 Å². The summed E-state index contributed by atoms with van der Waals surface area (Å²) in [5.41, 5.74) is 5.39. The fourth-order valence-electron chi connectivity index (χ4n) is 3.07. The minimum absolute atomic E-state index is 0.134. The summed E-state index contributed by atoms with van der Waals surface area (Å²) in [6.45, 7) is 2.54. The molecule has 0 spiro atoms. The molecule has 1 saturated heterocycles. The van der Waals surface area contributed by atoms with Crippen LogP contribution in [0.4, 0.5) is 0 Å². The van der Waals surface area contributed by atoms with Gasteiger partial charge in [0.25, 0.3) is 0 Å². The number of thiophene rings is 1. The van der Waals surface area contributed by atoms with Crippen molar-refractivity contribution in [2.45, 2.75) is 38.3 Å². The van der Waals surface area contributed by atoms with Crippen LogP contribution in [0.25, 0.3) is 0 Å². The molecular weight excluding hydrogens is 298 g/mol. The Balaban J connectivity index is 1.57. The molecule has 1 unspecified atom stereocenters. The predicted molar refractivity (Wildman–Crippen MR) is 86.2 cm³/mol. The second kappa shape index (κ2) is 6.79. The van der Waals surface area contributed by atoms with E-state index in [1.165, 1.54) is 17.7 Å². The monoisotopic (exact) mass is 321 g/mol. The van der Waals surface area contributed by atoms with Crippen LogP contribution in [0.2, 0.25) is 0 Å². The first kappa shape index (κ1) is 15.5. The summed E-state index contributed by atoms with van der Waals surface area (Å²) in [4.78, 5) is 29.3. The fraction of sp³-hybridized carbons (Fsp3) is 0.625. The molecule has 1 aliphatic carbocycles. The number of amides is 2. The molecule has 0 aromatic carbocycles. The largest absolute Gasteiger partial charge is 0.369 e. The van der Waals surface area contributed by atoms with E-state index in [1.54, 1.807) is 11.3 Å². The topological polar surface area (TPSA) is 66.6 Å². The van der Waals surface area contributed by atoms with Gasteiger partial charge < -0.3 is 10.6 Å². The van der Waals surface area contributed by atoms with E-state index in [0.29, 0.717) is 19.1 Å². The van der Waals surface area contributed by atoms with E-state index < -0.39 is 0 Å². The van der Waals surface area contributed by atoms with E-state index in [1.807, 2.05) is 4.90 Å². The molecular formula is C16H23N3O2S. The van der Waals surface area contributed by atoms with Gasteiger partial charge in [0.05, 0.1) is 12.5 Å². The first-order valence-corrected chi connectivity index (χ1v) is 8.85. The molecule has 6 heteroatoms. The van der Waals surface area contributed by atoms with Crippen molar-refractivity contribution in [3.63, 3.8) is 0 Å². The summed E-state index contributed by atoms with van der Waals surface area (Å²) in [5.74, 6) is -0.325. The van der Waals surface area contributed by atoms with Gasteiger partial charge in [-0.25, -0.2) is 0 Å². The van der Waals surface area contributed by atoms with Crippen molar-refractivity contribution >= 4 is 23.2 Å². The Bertz CT molecular complexity index is 528. The first-order chi connectivity index (χ1) is 10.6. The SMILES string of the molecule is NC(=O)C1CCCN(C(=O)CN(Cc2cccs2)C2CC2)C1. The van der Waals surface area contributed by atoms with E-state index in [4.69, 9.17) is 5.73 Å². The highest BCUT2D eigenvalue weighted by Gasteiger charge is 2.33. The molecule has 1 atom stereocenters. The van der Waals surface area contributed by atoms with Crippen molar-refractivity contribution in [2.75, 3.05) is 19.6 Å². The van der Waals surface area contributed by atoms with Gasteiger partial charge in [0.2, 0.25) is 11.8 Å². The maximum atomic E-state index is 12.6. The van der Waals surface area contributed by atoms with Crippen molar-refractivity contribution in [3.05, 3.63) is 22.4 Å². The molecule has 1 saturated carbocycles. The molecule has 2 N–H and O–H groups in total. The van der Waals surface area contributed by atoms with E-state index >= 15 is 0 Å². The van der Waals surface area contributed by atoms with Crippen LogP contribution in [0.1, 0.15) is 30.6 Å². The van der Waals surface area contributed by atoms with Gasteiger partial charge in [-0.2, -0.15) is 0 Å². The first-order valence-electron chi connectivity index (χ1n) is 7.97. The molecule has 5 nitrogen and oxygen atoms in total. The number of likely N-dealkylation sites (tertiary alicyclic amines) is 1. The Morgan fingerprint density at radius 3 is 2.82 bits per heavy atom. The molecule has 2 amide bonds. The van der Waals surface area contributed by atoms with Crippen molar-refractivity contribution in [3.8, 4) is 0 Å². The van der Waals surface area contributed by atoms with E-state index in [0.717, 1.165) is 25.9 Å². The number of primary amides is 1. The van der Waals surface area contributed by atoms with Gasteiger partial charge in [0.1, 0.15) is 0 Å². The summed E-state index contributed by atoms with van der Waals surface area (Å²) < 4.78 is 0. The van der Waals surface area contributed by atoms with Crippen LogP contribution >= 0.6 is 11.3 Å². The average Bonchev–Trinajstić information content (AvgIpc) is 3.24. The van der Waals surface area contributed by atoms with E-state index in [9.17, 15) is 9.59 Å². The van der Waals surface area contributed by atoms with Crippen LogP contribution in [-0.2, 0) is 16.1 Å². The molecule has 2 fully saturated rings. The maximum absolute atomic E-state index is 12.6. The van der Waals surface area contributed by atoms with Gasteiger partial charge in [0.15, 0.2) is 0 Å². The summed E-state index contributed by atoms with van der Waals surface area (Å²) in [5, 5.41) is 2.07. The summed E-state index contributed by atoms with van der Waals surface area (Å²) in [6.07, 6.45) is 4.04. The third-order valence-corrected chi connectivity index (χ3v) is 5.38. The van der Waals surface area contributed by atoms with Crippen LogP contribution < -0.4 is 5.73 Å². The highest BCUT2D eigenvalue weighted by molar-refractivity contribution is 7.09. The highest BCUT2D eigenvalue weighted by atomic mass is 32.1. The minimum Gasteiger partial charge on any atom is -0.369 e. The zero-order chi connectivity index (χ0) is 15.5. The van der Waals surface area contributed by atoms with Crippen LogP contribution in [0, 0.1) is 5.92 Å². The molecule has 1 aromatic heterocycles. The Morgan fingerprint density at radius 1 is 1.36 bits per heavy atom. The van der Waals surface area contributed by atoms with Crippen molar-refractivity contribution < 1.29 is 9.59 Å². The number of piperidine rings is 1. The van der Waals surface area contributed by atoms with Gasteiger partial charge in [-0.3, -0.25) is 14.5 Å². The Hall–Kier alpha value is -1.40. The fourth-order valence-corrected chi connectivity index (χ4v) is 3.80. The highest BCUT2D eigenvalue weighted by Crippen LogP contribution is 2.29. The van der Waals surface area contributed by atoms with Crippen molar-refractivity contribution in [1.82, 2.24) is 9.80 Å². The summed E-state index contributed by atoms with van der Waals surface area (Å²) >= 11 is 1.74. The number of nitrogens with two attached hydrogens (primary N) is 1. The van der Waals surface area contributed by atoms with Crippen LogP contribution in [0.3, 0.4) is 0 Å². The molecule has 120 valence electrons. The third kappa shape index (κ3) is 3.87. The average molecular weight is 321 g/mol. The summed E-state index contributed by atoms with van der Waals surface area (Å²) in [6, 6.07) is 4.71. The molecule has 22 heavy (non-hydrogen) atoms. The molecule has 2 aliphatic rings. The summed E-state index contributed by atoms with van der Waals surface area (Å²) in [7, 11) is 0. The standard InChI is InChI=1S/C16H23N3O2S/c17-16(21)12-3-1-7-18(9-12)15(20)11-19(13-5-6-13)10-14-4-2-8-22-14/h2,4,8,12-13H,1,3,5-7,9-11H2,(H2,17,21). The second-order valence-electron chi connectivity index (χ2n) is 6.30. The number of nitrogens with zero attached hydrogens (tertiary/aromatic N) is 2. The molecule has 0 bridgehead atoms. The van der Waals surface area contributed by atoms with Gasteiger partial charge in [-0.1, -0.05) is 6.07 Å². The van der Waals surface area contributed by atoms with E-state index in [-0.39, 0.29) is 17.7 Å². The molecule has 3 rings (SSSR count). The second-order valence-corrected chi connectivity index (χ2v) is 7.33. The Kier molecular flexibility index (Phi) is 4.78. The van der Waals surface area contributed by atoms with Gasteiger partial charge >= 0.3 is 0 Å². The number of rotatable bonds is 6. The normalized spacial score (nSPS) is 22.0. The molecule has 1 aliphatic heterocycles. The molecule has 1 aromatic rings. The van der Waals surface area contributed by atoms with Crippen molar-refractivity contribution in [1.29, 1.82) is 0 Å². The number of carbonyl (C=O) groups excluding carboxylic acids is 2. The quantitative estimate of drug-likeness (QED) is 0.862. The lowest BCUT2D eigenvalue weighted by Crippen LogP contribution is -2.47. The number of hydrogen-bond acceptors (Lipinski definition) is 4. The van der Waals surface area contributed by atoms with Crippen LogP contribution in [-0.4, -0.2) is 47.3 Å². The number of carbonyl (C=O) groups is 2. The van der Waals surface area contributed by atoms with Crippen LogP contribution in [0.5, 0.6) is 0 Å². The smallest absolute Gasteiger partial charge is 0.236 e.